The second kappa shape index (κ2) is 7.19. The second-order valence-electron chi connectivity index (χ2n) is 6.13. The predicted molar refractivity (Wildman–Crippen MR) is 87.9 cm³/mol. The summed E-state index contributed by atoms with van der Waals surface area (Å²) >= 11 is 0. The van der Waals surface area contributed by atoms with Gasteiger partial charge in [-0.1, -0.05) is 38.1 Å². The minimum absolute atomic E-state index is 0.0276. The van der Waals surface area contributed by atoms with Gasteiger partial charge >= 0.3 is 0 Å². The van der Waals surface area contributed by atoms with Gasteiger partial charge in [0.1, 0.15) is 0 Å². The van der Waals surface area contributed by atoms with E-state index in [-0.39, 0.29) is 11.8 Å². The monoisotopic (exact) mass is 288 g/mol. The number of ketones is 1. The number of hydrogen-bond acceptors (Lipinski definition) is 3. The maximum atomic E-state index is 12.7. The van der Waals surface area contributed by atoms with Gasteiger partial charge in [0.2, 0.25) is 0 Å². The Bertz CT molecular complexity index is 469. The average Bonchev–Trinajstić information content (AvgIpc) is 2.54. The molecule has 0 spiro atoms. The van der Waals surface area contributed by atoms with Crippen LogP contribution in [0.15, 0.2) is 24.3 Å². The van der Waals surface area contributed by atoms with Gasteiger partial charge in [-0.15, -0.1) is 0 Å². The number of benzene rings is 1. The second-order valence-corrected chi connectivity index (χ2v) is 6.13. The lowest BCUT2D eigenvalue weighted by atomic mass is 10.00. The van der Waals surface area contributed by atoms with Crippen molar-refractivity contribution in [2.75, 3.05) is 26.7 Å². The van der Waals surface area contributed by atoms with Crippen LogP contribution in [0.4, 0.5) is 0 Å². The Morgan fingerprint density at radius 1 is 1.24 bits per heavy atom. The molecule has 1 saturated heterocycles. The summed E-state index contributed by atoms with van der Waals surface area (Å²) in [5.74, 6) is 0.247. The molecule has 1 aliphatic rings. The number of carbonyl (C=O) groups excluding carboxylic acids is 1. The van der Waals surface area contributed by atoms with E-state index in [2.05, 4.69) is 42.8 Å². The summed E-state index contributed by atoms with van der Waals surface area (Å²) in [6.07, 6.45) is 2.15. The van der Waals surface area contributed by atoms with Gasteiger partial charge in [0.05, 0.1) is 6.04 Å². The van der Waals surface area contributed by atoms with Crippen LogP contribution >= 0.6 is 0 Å². The summed E-state index contributed by atoms with van der Waals surface area (Å²) in [4.78, 5) is 17.4. The van der Waals surface area contributed by atoms with Crippen LogP contribution in [0.3, 0.4) is 0 Å². The highest BCUT2D eigenvalue weighted by atomic mass is 16.1. The molecule has 1 aromatic rings. The van der Waals surface area contributed by atoms with Crippen LogP contribution in [0, 0.1) is 0 Å². The summed E-state index contributed by atoms with van der Waals surface area (Å²) in [5.41, 5.74) is 2.12. The number of rotatable bonds is 5. The van der Waals surface area contributed by atoms with Crippen LogP contribution in [0.5, 0.6) is 0 Å². The Kier molecular flexibility index (Phi) is 5.54. The molecular weight excluding hydrogens is 260 g/mol. The van der Waals surface area contributed by atoms with Crippen molar-refractivity contribution >= 4 is 5.78 Å². The number of piperazine rings is 1. The lowest BCUT2D eigenvalue weighted by Gasteiger charge is -2.41. The van der Waals surface area contributed by atoms with Gasteiger partial charge in [0, 0.05) is 31.2 Å². The normalized spacial score (nSPS) is 22.2. The van der Waals surface area contributed by atoms with E-state index in [9.17, 15) is 4.79 Å². The van der Waals surface area contributed by atoms with E-state index < -0.39 is 0 Å². The molecule has 0 aromatic heterocycles. The zero-order chi connectivity index (χ0) is 15.4. The molecule has 1 heterocycles. The molecule has 0 radical (unpaired) electrons. The Balaban J connectivity index is 2.04. The van der Waals surface area contributed by atoms with E-state index in [1.807, 2.05) is 19.1 Å². The molecule has 0 N–H and O–H groups in total. The third kappa shape index (κ3) is 3.72. The first-order valence-corrected chi connectivity index (χ1v) is 8.14. The fourth-order valence-corrected chi connectivity index (χ4v) is 3.07. The van der Waals surface area contributed by atoms with E-state index in [0.717, 1.165) is 38.0 Å². The highest BCUT2D eigenvalue weighted by Gasteiger charge is 2.29. The lowest BCUT2D eigenvalue weighted by molar-refractivity contribution is 0.0553. The third-order valence-electron chi connectivity index (χ3n) is 4.85. The molecule has 0 saturated carbocycles. The molecule has 0 amide bonds. The first kappa shape index (κ1) is 16.2. The zero-order valence-corrected chi connectivity index (χ0v) is 13.8. The molecule has 21 heavy (non-hydrogen) atoms. The van der Waals surface area contributed by atoms with Crippen LogP contribution in [0.25, 0.3) is 0 Å². The van der Waals surface area contributed by atoms with E-state index in [0.29, 0.717) is 6.04 Å². The first-order chi connectivity index (χ1) is 10.1. The molecule has 116 valence electrons. The molecule has 1 aliphatic heterocycles. The van der Waals surface area contributed by atoms with Gasteiger partial charge in [0.15, 0.2) is 5.78 Å². The highest BCUT2D eigenvalue weighted by Crippen LogP contribution is 2.16. The third-order valence-corrected chi connectivity index (χ3v) is 4.85. The number of hydrogen-bond donors (Lipinski definition) is 0. The number of carbonyl (C=O) groups is 1. The topological polar surface area (TPSA) is 23.6 Å². The SMILES string of the molecule is CCc1ccc(C(=O)C(C)N2CCN(C)C(CC)C2)cc1. The van der Waals surface area contributed by atoms with Crippen molar-refractivity contribution in [1.29, 1.82) is 0 Å². The van der Waals surface area contributed by atoms with E-state index in [1.54, 1.807) is 0 Å². The Labute approximate surface area is 128 Å². The van der Waals surface area contributed by atoms with Crippen LogP contribution in [0.2, 0.25) is 0 Å². The Morgan fingerprint density at radius 3 is 2.48 bits per heavy atom. The maximum absolute atomic E-state index is 12.7. The Morgan fingerprint density at radius 2 is 1.90 bits per heavy atom. The van der Waals surface area contributed by atoms with E-state index >= 15 is 0 Å². The molecule has 2 atom stereocenters. The van der Waals surface area contributed by atoms with Gasteiger partial charge in [-0.05, 0) is 32.4 Å². The summed E-state index contributed by atoms with van der Waals surface area (Å²) in [6.45, 7) is 9.42. The number of nitrogens with zero attached hydrogens (tertiary/aromatic N) is 2. The Hall–Kier alpha value is -1.19. The van der Waals surface area contributed by atoms with Crippen LogP contribution in [0.1, 0.15) is 43.1 Å². The van der Waals surface area contributed by atoms with E-state index in [4.69, 9.17) is 0 Å². The lowest BCUT2D eigenvalue weighted by Crippen LogP contribution is -2.55. The standard InChI is InChI=1S/C18H28N2O/c1-5-15-7-9-16(10-8-15)18(21)14(3)20-12-11-19(4)17(6-2)13-20/h7-10,14,17H,5-6,11-13H2,1-4H3. The number of aryl methyl sites for hydroxylation is 1. The molecule has 1 fully saturated rings. The summed E-state index contributed by atoms with van der Waals surface area (Å²) in [5, 5.41) is 0. The van der Waals surface area contributed by atoms with Gasteiger partial charge in [0.25, 0.3) is 0 Å². The van der Waals surface area contributed by atoms with Crippen LogP contribution in [-0.4, -0.2) is 54.3 Å². The number of Topliss-reactive ketones (excluding diaryl/α,β-unsaturated/α-hetero) is 1. The van der Waals surface area contributed by atoms with Crippen molar-refractivity contribution in [2.45, 2.75) is 45.7 Å². The van der Waals surface area contributed by atoms with Crippen LogP contribution < -0.4 is 0 Å². The highest BCUT2D eigenvalue weighted by molar-refractivity contribution is 5.99. The molecule has 0 bridgehead atoms. The molecular formula is C18H28N2O. The zero-order valence-electron chi connectivity index (χ0n) is 13.8. The van der Waals surface area contributed by atoms with E-state index in [1.165, 1.54) is 5.56 Å². The fourth-order valence-electron chi connectivity index (χ4n) is 3.07. The fraction of sp³-hybridized carbons (Fsp3) is 0.611. The quantitative estimate of drug-likeness (QED) is 0.778. The molecule has 3 heteroatoms. The minimum atomic E-state index is -0.0276. The van der Waals surface area contributed by atoms with Gasteiger partial charge in [-0.25, -0.2) is 0 Å². The van der Waals surface area contributed by atoms with Gasteiger partial charge in [-0.2, -0.15) is 0 Å². The van der Waals surface area contributed by atoms with Crippen LogP contribution in [-0.2, 0) is 6.42 Å². The summed E-state index contributed by atoms with van der Waals surface area (Å²) in [6, 6.07) is 8.63. The largest absolute Gasteiger partial charge is 0.301 e. The first-order valence-electron chi connectivity index (χ1n) is 8.14. The summed E-state index contributed by atoms with van der Waals surface area (Å²) in [7, 11) is 2.18. The van der Waals surface area contributed by atoms with Crippen molar-refractivity contribution in [3.63, 3.8) is 0 Å². The minimum Gasteiger partial charge on any atom is -0.301 e. The van der Waals surface area contributed by atoms with Crippen molar-refractivity contribution in [1.82, 2.24) is 9.80 Å². The average molecular weight is 288 g/mol. The van der Waals surface area contributed by atoms with Crippen molar-refractivity contribution in [3.05, 3.63) is 35.4 Å². The molecule has 2 unspecified atom stereocenters. The van der Waals surface area contributed by atoms with Gasteiger partial charge in [-0.3, -0.25) is 9.69 Å². The van der Waals surface area contributed by atoms with Crippen molar-refractivity contribution in [3.8, 4) is 0 Å². The maximum Gasteiger partial charge on any atom is 0.179 e. The van der Waals surface area contributed by atoms with Crippen molar-refractivity contribution < 1.29 is 4.79 Å². The molecule has 0 aliphatic carbocycles. The molecule has 3 nitrogen and oxygen atoms in total. The predicted octanol–water partition coefficient (Wildman–Crippen LogP) is 2.85. The smallest absolute Gasteiger partial charge is 0.179 e. The summed E-state index contributed by atoms with van der Waals surface area (Å²) < 4.78 is 0. The van der Waals surface area contributed by atoms with Crippen molar-refractivity contribution in [2.24, 2.45) is 0 Å². The molecule has 2 rings (SSSR count). The molecule has 1 aromatic carbocycles. The van der Waals surface area contributed by atoms with Gasteiger partial charge < -0.3 is 4.90 Å². The number of likely N-dealkylation sites (N-methyl/N-ethyl adjacent to an activating group) is 1.